The Hall–Kier alpha value is -2.48. The minimum atomic E-state index is -2.91. The molecule has 2 aliphatic rings. The summed E-state index contributed by atoms with van der Waals surface area (Å²) in [5.41, 5.74) is 6.50. The molecule has 2 N–H and O–H groups in total. The van der Waals surface area contributed by atoms with Crippen LogP contribution in [0, 0.1) is 0 Å². The second-order valence-corrected chi connectivity index (χ2v) is 7.88. The van der Waals surface area contributed by atoms with Gasteiger partial charge in [0.2, 0.25) is 0 Å². The number of amides is 1. The van der Waals surface area contributed by atoms with E-state index in [1.807, 2.05) is 18.2 Å². The zero-order chi connectivity index (χ0) is 20.1. The van der Waals surface area contributed by atoms with E-state index in [0.717, 1.165) is 17.3 Å². The summed E-state index contributed by atoms with van der Waals surface area (Å²) in [6.07, 6.45) is 1.79. The summed E-state index contributed by atoms with van der Waals surface area (Å²) >= 11 is 3.43. The SMILES string of the molecule is CN1C(=O)[C@@](c2cccc(Br)c2)(c2ccc(OC(F)F)c(C3CC3)c2)N=C1N. The molecule has 0 saturated heterocycles. The maximum absolute atomic E-state index is 13.3. The fourth-order valence-electron chi connectivity index (χ4n) is 3.59. The molecule has 1 atom stereocenters. The van der Waals surface area contributed by atoms with E-state index in [4.69, 9.17) is 10.5 Å². The number of ether oxygens (including phenoxy) is 1. The minimum Gasteiger partial charge on any atom is -0.435 e. The third-order valence-corrected chi connectivity index (χ3v) is 5.64. The molecule has 0 aromatic heterocycles. The number of halogens is 3. The van der Waals surface area contributed by atoms with Crippen molar-refractivity contribution in [3.8, 4) is 5.75 Å². The van der Waals surface area contributed by atoms with E-state index in [1.165, 1.54) is 11.0 Å². The van der Waals surface area contributed by atoms with Gasteiger partial charge in [-0.05, 0) is 59.7 Å². The Morgan fingerprint density at radius 1 is 1.25 bits per heavy atom. The molecule has 1 aliphatic carbocycles. The topological polar surface area (TPSA) is 67.9 Å². The van der Waals surface area contributed by atoms with Crippen LogP contribution < -0.4 is 10.5 Å². The first-order valence-electron chi connectivity index (χ1n) is 8.81. The summed E-state index contributed by atoms with van der Waals surface area (Å²) < 4.78 is 31.1. The van der Waals surface area contributed by atoms with Gasteiger partial charge in [0.1, 0.15) is 5.75 Å². The van der Waals surface area contributed by atoms with Crippen LogP contribution in [0.1, 0.15) is 35.4 Å². The van der Waals surface area contributed by atoms with E-state index in [2.05, 4.69) is 20.9 Å². The molecule has 2 aromatic carbocycles. The number of hydrogen-bond donors (Lipinski definition) is 1. The average Bonchev–Trinajstić information content (AvgIpc) is 3.46. The first-order valence-corrected chi connectivity index (χ1v) is 9.61. The molecule has 0 unspecified atom stereocenters. The molecular formula is C20H18BrF2N3O2. The zero-order valence-corrected chi connectivity index (χ0v) is 16.6. The summed E-state index contributed by atoms with van der Waals surface area (Å²) in [6.45, 7) is -2.91. The summed E-state index contributed by atoms with van der Waals surface area (Å²) in [7, 11) is 1.57. The van der Waals surface area contributed by atoms with Crippen molar-refractivity contribution < 1.29 is 18.3 Å². The van der Waals surface area contributed by atoms with Crippen molar-refractivity contribution in [3.63, 3.8) is 0 Å². The lowest BCUT2D eigenvalue weighted by molar-refractivity contribution is -0.129. The van der Waals surface area contributed by atoms with Crippen LogP contribution in [0.2, 0.25) is 0 Å². The number of rotatable bonds is 5. The van der Waals surface area contributed by atoms with E-state index in [0.29, 0.717) is 16.7 Å². The predicted molar refractivity (Wildman–Crippen MR) is 104 cm³/mol. The van der Waals surface area contributed by atoms with Crippen LogP contribution in [0.15, 0.2) is 51.9 Å². The number of likely N-dealkylation sites (N-methyl/N-ethyl adjacent to an activating group) is 1. The van der Waals surface area contributed by atoms with Gasteiger partial charge in [0, 0.05) is 11.5 Å². The van der Waals surface area contributed by atoms with Crippen molar-refractivity contribution in [1.82, 2.24) is 4.90 Å². The minimum absolute atomic E-state index is 0.103. The van der Waals surface area contributed by atoms with Gasteiger partial charge in [0.05, 0.1) is 0 Å². The molecule has 0 spiro atoms. The summed E-state index contributed by atoms with van der Waals surface area (Å²) in [6, 6.07) is 12.1. The van der Waals surface area contributed by atoms with Gasteiger partial charge < -0.3 is 10.5 Å². The number of alkyl halides is 2. The standard InChI is InChI=1S/C20H18BrF2N3O2/c1-26-17(27)20(25-19(26)24,12-3-2-4-14(21)9-12)13-7-8-16(28-18(22)23)15(10-13)11-5-6-11/h2-4,7-11,18H,5-6H2,1H3,(H2,24,25)/t20-/m1/s1. The molecule has 1 fully saturated rings. The molecule has 1 amide bonds. The number of nitrogens with zero attached hydrogens (tertiary/aromatic N) is 2. The molecule has 5 nitrogen and oxygen atoms in total. The molecule has 0 radical (unpaired) electrons. The lowest BCUT2D eigenvalue weighted by atomic mass is 9.81. The maximum Gasteiger partial charge on any atom is 0.387 e. The summed E-state index contributed by atoms with van der Waals surface area (Å²) in [5, 5.41) is 0. The summed E-state index contributed by atoms with van der Waals surface area (Å²) in [5.74, 6) is 0.0865. The number of hydrogen-bond acceptors (Lipinski definition) is 4. The second kappa shape index (κ2) is 6.84. The molecule has 1 saturated carbocycles. The molecule has 8 heteroatoms. The fraction of sp³-hybridized carbons (Fsp3) is 0.300. The van der Waals surface area contributed by atoms with Crippen LogP contribution in [0.4, 0.5) is 8.78 Å². The van der Waals surface area contributed by atoms with Gasteiger partial charge in [0.25, 0.3) is 5.91 Å². The Morgan fingerprint density at radius 2 is 1.96 bits per heavy atom. The van der Waals surface area contributed by atoms with Crippen LogP contribution in [0.5, 0.6) is 5.75 Å². The van der Waals surface area contributed by atoms with Crippen molar-refractivity contribution in [1.29, 1.82) is 0 Å². The largest absolute Gasteiger partial charge is 0.435 e. The lowest BCUT2D eigenvalue weighted by Crippen LogP contribution is -2.41. The van der Waals surface area contributed by atoms with Crippen molar-refractivity contribution in [3.05, 3.63) is 63.6 Å². The van der Waals surface area contributed by atoms with E-state index in [1.54, 1.807) is 25.2 Å². The van der Waals surface area contributed by atoms with Crippen LogP contribution in [0.25, 0.3) is 0 Å². The number of aliphatic imine (C=N–C) groups is 1. The first-order chi connectivity index (χ1) is 13.3. The number of nitrogens with two attached hydrogens (primary N) is 1. The summed E-state index contributed by atoms with van der Waals surface area (Å²) in [4.78, 5) is 19.1. The average molecular weight is 450 g/mol. The van der Waals surface area contributed by atoms with Crippen LogP contribution in [-0.4, -0.2) is 30.4 Å². The van der Waals surface area contributed by atoms with Gasteiger partial charge in [-0.15, -0.1) is 0 Å². The Balaban J connectivity index is 1.91. The Bertz CT molecular complexity index is 978. The zero-order valence-electron chi connectivity index (χ0n) is 15.0. The maximum atomic E-state index is 13.3. The predicted octanol–water partition coefficient (Wildman–Crippen LogP) is 3.96. The van der Waals surface area contributed by atoms with Gasteiger partial charge >= 0.3 is 6.61 Å². The lowest BCUT2D eigenvalue weighted by Gasteiger charge is -2.27. The molecular weight excluding hydrogens is 432 g/mol. The van der Waals surface area contributed by atoms with Gasteiger partial charge in [-0.1, -0.05) is 34.1 Å². The molecule has 2 aromatic rings. The van der Waals surface area contributed by atoms with Crippen LogP contribution >= 0.6 is 15.9 Å². The Kier molecular flexibility index (Phi) is 4.61. The number of guanidine groups is 1. The van der Waals surface area contributed by atoms with Crippen molar-refractivity contribution in [2.75, 3.05) is 7.05 Å². The highest BCUT2D eigenvalue weighted by Crippen LogP contribution is 2.48. The highest BCUT2D eigenvalue weighted by molar-refractivity contribution is 9.10. The second-order valence-electron chi connectivity index (χ2n) is 6.96. The van der Waals surface area contributed by atoms with Gasteiger partial charge in [0.15, 0.2) is 11.5 Å². The Labute approximate surface area is 169 Å². The fourth-order valence-corrected chi connectivity index (χ4v) is 3.99. The highest BCUT2D eigenvalue weighted by atomic mass is 79.9. The van der Waals surface area contributed by atoms with Gasteiger partial charge in [-0.3, -0.25) is 9.69 Å². The molecule has 1 heterocycles. The number of carbonyl (C=O) groups excluding carboxylic acids is 1. The smallest absolute Gasteiger partial charge is 0.387 e. The number of benzene rings is 2. The van der Waals surface area contributed by atoms with E-state index >= 15 is 0 Å². The molecule has 146 valence electrons. The quantitative estimate of drug-likeness (QED) is 0.750. The number of carbonyl (C=O) groups is 1. The molecule has 28 heavy (non-hydrogen) atoms. The normalized spacial score (nSPS) is 22.0. The first kappa shape index (κ1) is 18.9. The molecule has 1 aliphatic heterocycles. The van der Waals surface area contributed by atoms with E-state index < -0.39 is 12.2 Å². The van der Waals surface area contributed by atoms with Gasteiger partial charge in [-0.25, -0.2) is 4.99 Å². The Morgan fingerprint density at radius 3 is 2.54 bits per heavy atom. The van der Waals surface area contributed by atoms with Crippen molar-refractivity contribution >= 4 is 27.8 Å². The van der Waals surface area contributed by atoms with E-state index in [-0.39, 0.29) is 23.5 Å². The monoisotopic (exact) mass is 449 g/mol. The van der Waals surface area contributed by atoms with E-state index in [9.17, 15) is 13.6 Å². The third kappa shape index (κ3) is 3.05. The van der Waals surface area contributed by atoms with Crippen LogP contribution in [-0.2, 0) is 10.3 Å². The van der Waals surface area contributed by atoms with Gasteiger partial charge in [-0.2, -0.15) is 8.78 Å². The highest BCUT2D eigenvalue weighted by Gasteiger charge is 2.50. The van der Waals surface area contributed by atoms with Crippen LogP contribution in [0.3, 0.4) is 0 Å². The molecule has 0 bridgehead atoms. The van der Waals surface area contributed by atoms with Crippen molar-refractivity contribution in [2.24, 2.45) is 10.7 Å². The third-order valence-electron chi connectivity index (χ3n) is 5.14. The van der Waals surface area contributed by atoms with Crippen molar-refractivity contribution in [2.45, 2.75) is 30.9 Å². The molecule has 4 rings (SSSR count).